The van der Waals surface area contributed by atoms with Gasteiger partial charge in [-0.05, 0) is 32.4 Å². The van der Waals surface area contributed by atoms with E-state index in [0.717, 1.165) is 5.92 Å². The van der Waals surface area contributed by atoms with Gasteiger partial charge < -0.3 is 4.90 Å². The molecule has 1 nitrogen and oxygen atoms in total. The summed E-state index contributed by atoms with van der Waals surface area (Å²) in [5, 5.41) is 0. The zero-order valence-corrected chi connectivity index (χ0v) is 7.39. The number of allylic oxidation sites excluding steroid dienone is 1. The summed E-state index contributed by atoms with van der Waals surface area (Å²) in [7, 11) is 2.14. The molecule has 1 unspecified atom stereocenters. The fourth-order valence-electron chi connectivity index (χ4n) is 1.25. The normalized spacial score (nSPS) is 30.8. The van der Waals surface area contributed by atoms with Gasteiger partial charge in [-0.3, -0.25) is 0 Å². The van der Waals surface area contributed by atoms with Crippen LogP contribution in [0.4, 0.5) is 0 Å². The molecular weight excluding hydrogens is 122 g/mol. The lowest BCUT2D eigenvalue weighted by molar-refractivity contribution is 0.135. The molecule has 1 atom stereocenters. The van der Waals surface area contributed by atoms with Gasteiger partial charge in [0.2, 0.25) is 0 Å². The number of nitrogens with zero attached hydrogens (tertiary/aromatic N) is 1. The van der Waals surface area contributed by atoms with Gasteiger partial charge in [0.1, 0.15) is 0 Å². The molecule has 1 heterocycles. The van der Waals surface area contributed by atoms with Crippen LogP contribution in [0.5, 0.6) is 0 Å². The van der Waals surface area contributed by atoms with Gasteiger partial charge in [0.25, 0.3) is 0 Å². The van der Waals surface area contributed by atoms with E-state index in [9.17, 15) is 0 Å². The third-order valence-electron chi connectivity index (χ3n) is 2.93. The second-order valence-corrected chi connectivity index (χ2v) is 3.79. The Morgan fingerprint density at radius 2 is 2.10 bits per heavy atom. The van der Waals surface area contributed by atoms with Gasteiger partial charge in [0, 0.05) is 12.6 Å². The van der Waals surface area contributed by atoms with Crippen LogP contribution in [0.3, 0.4) is 0 Å². The number of hydrogen-bond acceptors (Lipinski definition) is 1. The molecule has 1 aliphatic rings. The number of rotatable bonds is 0. The molecule has 0 aromatic carbocycles. The lowest BCUT2D eigenvalue weighted by Crippen LogP contribution is -2.45. The van der Waals surface area contributed by atoms with Crippen molar-refractivity contribution < 1.29 is 0 Å². The lowest BCUT2D eigenvalue weighted by atomic mass is 9.83. The summed E-state index contributed by atoms with van der Waals surface area (Å²) in [6.07, 6.45) is 5.65. The van der Waals surface area contributed by atoms with Gasteiger partial charge >= 0.3 is 0 Å². The highest BCUT2D eigenvalue weighted by molar-refractivity contribution is 5.00. The highest BCUT2D eigenvalue weighted by atomic mass is 15.2. The van der Waals surface area contributed by atoms with Crippen LogP contribution in [0.15, 0.2) is 12.3 Å². The molecule has 0 radical (unpaired) electrons. The van der Waals surface area contributed by atoms with E-state index < -0.39 is 0 Å². The van der Waals surface area contributed by atoms with Crippen LogP contribution in [-0.4, -0.2) is 17.5 Å². The Hall–Kier alpha value is -0.460. The minimum absolute atomic E-state index is 0.342. The van der Waals surface area contributed by atoms with E-state index in [1.54, 1.807) is 0 Å². The van der Waals surface area contributed by atoms with Gasteiger partial charge in [-0.15, -0.1) is 0 Å². The van der Waals surface area contributed by atoms with Gasteiger partial charge in [-0.2, -0.15) is 0 Å². The molecule has 0 aliphatic carbocycles. The third-order valence-corrected chi connectivity index (χ3v) is 2.93. The van der Waals surface area contributed by atoms with Crippen molar-refractivity contribution in [1.29, 1.82) is 0 Å². The Kier molecular flexibility index (Phi) is 1.76. The van der Waals surface area contributed by atoms with E-state index in [-0.39, 0.29) is 0 Å². The maximum Gasteiger partial charge on any atom is 0.0365 e. The first kappa shape index (κ1) is 7.64. The van der Waals surface area contributed by atoms with Gasteiger partial charge in [-0.1, -0.05) is 13.0 Å². The van der Waals surface area contributed by atoms with Crippen molar-refractivity contribution in [2.75, 3.05) is 7.05 Å². The molecule has 58 valence electrons. The Labute approximate surface area is 63.7 Å². The van der Waals surface area contributed by atoms with Crippen molar-refractivity contribution in [2.45, 2.75) is 32.7 Å². The Bertz CT molecular complexity index is 147. The standard InChI is InChI=1S/C9H17N/c1-8-6-5-7-10(4)9(8,2)3/h5,7-8H,6H2,1-4H3. The van der Waals surface area contributed by atoms with E-state index in [0.29, 0.717) is 5.54 Å². The predicted molar refractivity (Wildman–Crippen MR) is 44.8 cm³/mol. The van der Waals surface area contributed by atoms with Crippen LogP contribution in [0.2, 0.25) is 0 Å². The zero-order chi connectivity index (χ0) is 7.78. The fourth-order valence-corrected chi connectivity index (χ4v) is 1.25. The second kappa shape index (κ2) is 2.30. The van der Waals surface area contributed by atoms with Crippen molar-refractivity contribution in [1.82, 2.24) is 4.90 Å². The minimum atomic E-state index is 0.342. The topological polar surface area (TPSA) is 3.24 Å². The van der Waals surface area contributed by atoms with Crippen LogP contribution in [0.25, 0.3) is 0 Å². The monoisotopic (exact) mass is 139 g/mol. The first-order chi connectivity index (χ1) is 4.55. The molecule has 0 spiro atoms. The van der Waals surface area contributed by atoms with E-state index in [4.69, 9.17) is 0 Å². The van der Waals surface area contributed by atoms with Crippen LogP contribution in [-0.2, 0) is 0 Å². The molecule has 10 heavy (non-hydrogen) atoms. The summed E-state index contributed by atoms with van der Waals surface area (Å²) in [6.45, 7) is 6.89. The first-order valence-electron chi connectivity index (χ1n) is 3.94. The average Bonchev–Trinajstić information content (AvgIpc) is 1.84. The summed E-state index contributed by atoms with van der Waals surface area (Å²) in [5.74, 6) is 0.766. The molecule has 1 heteroatoms. The molecule has 0 saturated heterocycles. The third kappa shape index (κ3) is 1.05. The van der Waals surface area contributed by atoms with Crippen molar-refractivity contribution >= 4 is 0 Å². The molecular formula is C9H17N. The molecule has 0 fully saturated rings. The van der Waals surface area contributed by atoms with E-state index in [2.05, 4.69) is 45.0 Å². The molecule has 0 bridgehead atoms. The maximum atomic E-state index is 2.31. The Balaban J connectivity index is 2.78. The summed E-state index contributed by atoms with van der Waals surface area (Å²) in [6, 6.07) is 0. The van der Waals surface area contributed by atoms with E-state index in [1.165, 1.54) is 6.42 Å². The van der Waals surface area contributed by atoms with Crippen LogP contribution in [0.1, 0.15) is 27.2 Å². The summed E-state index contributed by atoms with van der Waals surface area (Å²) < 4.78 is 0. The smallest absolute Gasteiger partial charge is 0.0365 e. The molecule has 0 N–H and O–H groups in total. The Morgan fingerprint density at radius 3 is 2.50 bits per heavy atom. The largest absolute Gasteiger partial charge is 0.375 e. The highest BCUT2D eigenvalue weighted by Crippen LogP contribution is 2.29. The molecule has 1 rings (SSSR count). The highest BCUT2D eigenvalue weighted by Gasteiger charge is 2.29. The Morgan fingerprint density at radius 1 is 1.50 bits per heavy atom. The quantitative estimate of drug-likeness (QED) is 0.497. The van der Waals surface area contributed by atoms with Crippen molar-refractivity contribution in [3.63, 3.8) is 0 Å². The van der Waals surface area contributed by atoms with Gasteiger partial charge in [0.15, 0.2) is 0 Å². The maximum absolute atomic E-state index is 2.31. The summed E-state index contributed by atoms with van der Waals surface area (Å²) >= 11 is 0. The fraction of sp³-hybridized carbons (Fsp3) is 0.778. The summed E-state index contributed by atoms with van der Waals surface area (Å²) in [4.78, 5) is 2.29. The molecule has 0 saturated carbocycles. The first-order valence-corrected chi connectivity index (χ1v) is 3.94. The minimum Gasteiger partial charge on any atom is -0.375 e. The molecule has 1 aliphatic heterocycles. The molecule has 0 aromatic heterocycles. The van der Waals surface area contributed by atoms with Crippen LogP contribution in [0, 0.1) is 5.92 Å². The van der Waals surface area contributed by atoms with Crippen molar-refractivity contribution in [3.05, 3.63) is 12.3 Å². The lowest BCUT2D eigenvalue weighted by Gasteiger charge is -2.42. The second-order valence-electron chi connectivity index (χ2n) is 3.79. The predicted octanol–water partition coefficient (Wildman–Crippen LogP) is 2.25. The van der Waals surface area contributed by atoms with Crippen molar-refractivity contribution in [3.8, 4) is 0 Å². The van der Waals surface area contributed by atoms with Gasteiger partial charge in [-0.25, -0.2) is 0 Å². The van der Waals surface area contributed by atoms with Crippen LogP contribution < -0.4 is 0 Å². The van der Waals surface area contributed by atoms with Crippen LogP contribution >= 0.6 is 0 Å². The van der Waals surface area contributed by atoms with E-state index >= 15 is 0 Å². The van der Waals surface area contributed by atoms with E-state index in [1.807, 2.05) is 0 Å². The van der Waals surface area contributed by atoms with Crippen molar-refractivity contribution in [2.24, 2.45) is 5.92 Å². The molecule has 0 amide bonds. The SMILES string of the molecule is CC1CC=CN(C)C1(C)C. The summed E-state index contributed by atoms with van der Waals surface area (Å²) in [5.41, 5.74) is 0.342. The molecule has 0 aromatic rings. The van der Waals surface area contributed by atoms with Gasteiger partial charge in [0.05, 0.1) is 0 Å². The average molecular weight is 139 g/mol. The zero-order valence-electron chi connectivity index (χ0n) is 7.39. The number of hydrogen-bond donors (Lipinski definition) is 0.